The van der Waals surface area contributed by atoms with E-state index in [1.165, 1.54) is 24.3 Å². The number of hydrogen-bond acceptors (Lipinski definition) is 6. The molecule has 1 amide bonds. The lowest BCUT2D eigenvalue weighted by atomic mass is 10.1. The van der Waals surface area contributed by atoms with Gasteiger partial charge in [-0.3, -0.25) is 20.2 Å². The summed E-state index contributed by atoms with van der Waals surface area (Å²) >= 11 is 4.94. The van der Waals surface area contributed by atoms with E-state index in [0.29, 0.717) is 6.42 Å². The Labute approximate surface area is 132 Å². The van der Waals surface area contributed by atoms with E-state index in [-0.39, 0.29) is 33.9 Å². The molecule has 0 spiro atoms. The summed E-state index contributed by atoms with van der Waals surface area (Å²) < 4.78 is 22.7. The second kappa shape index (κ2) is 6.36. The summed E-state index contributed by atoms with van der Waals surface area (Å²) in [5.74, 6) is -0.689. The summed E-state index contributed by atoms with van der Waals surface area (Å²) in [6.07, 6.45) is 0.407. The van der Waals surface area contributed by atoms with Crippen LogP contribution in [0.1, 0.15) is 16.8 Å². The van der Waals surface area contributed by atoms with Gasteiger partial charge in [0, 0.05) is 12.1 Å². The maximum absolute atomic E-state index is 12.0. The summed E-state index contributed by atoms with van der Waals surface area (Å²) in [6.45, 7) is 0. The smallest absolute Gasteiger partial charge is 0.282 e. The molecular weight excluding hydrogens is 330 g/mol. The molecule has 1 aromatic rings. The maximum atomic E-state index is 12.0. The van der Waals surface area contributed by atoms with Crippen molar-refractivity contribution in [3.8, 4) is 0 Å². The molecule has 1 unspecified atom stereocenters. The Hall–Kier alpha value is -2.07. The minimum Gasteiger partial charge on any atom is -0.359 e. The van der Waals surface area contributed by atoms with Crippen LogP contribution in [0.4, 0.5) is 5.69 Å². The normalized spacial score (nSPS) is 19.4. The van der Waals surface area contributed by atoms with Gasteiger partial charge in [0.2, 0.25) is 0 Å². The number of sulfone groups is 1. The number of rotatable bonds is 3. The maximum Gasteiger partial charge on any atom is 0.282 e. The van der Waals surface area contributed by atoms with Crippen molar-refractivity contribution >= 4 is 38.8 Å². The Morgan fingerprint density at radius 2 is 2.05 bits per heavy atom. The fourth-order valence-corrected chi connectivity index (χ4v) is 4.06. The highest BCUT2D eigenvalue weighted by molar-refractivity contribution is 7.91. The molecule has 1 aliphatic rings. The fraction of sp³-hybridized carbons (Fsp3) is 0.333. The van der Waals surface area contributed by atoms with Gasteiger partial charge in [-0.15, -0.1) is 0 Å². The first kappa shape index (κ1) is 16.3. The number of carbonyl (C=O) groups is 1. The van der Waals surface area contributed by atoms with Crippen molar-refractivity contribution in [3.63, 3.8) is 0 Å². The third kappa shape index (κ3) is 3.98. The van der Waals surface area contributed by atoms with E-state index < -0.39 is 20.7 Å². The van der Waals surface area contributed by atoms with Gasteiger partial charge < -0.3 is 5.32 Å². The molecule has 8 nitrogen and oxygen atoms in total. The van der Waals surface area contributed by atoms with E-state index in [4.69, 9.17) is 12.2 Å². The zero-order valence-corrected chi connectivity index (χ0v) is 12.9. The van der Waals surface area contributed by atoms with E-state index in [2.05, 4.69) is 10.6 Å². The molecule has 1 heterocycles. The largest absolute Gasteiger partial charge is 0.359 e. The molecule has 1 aromatic carbocycles. The van der Waals surface area contributed by atoms with Gasteiger partial charge in [-0.05, 0) is 24.7 Å². The van der Waals surface area contributed by atoms with Crippen molar-refractivity contribution in [3.05, 3.63) is 39.9 Å². The van der Waals surface area contributed by atoms with Crippen molar-refractivity contribution in [2.24, 2.45) is 0 Å². The molecule has 0 radical (unpaired) electrons. The van der Waals surface area contributed by atoms with Gasteiger partial charge in [0.15, 0.2) is 14.9 Å². The molecule has 0 bridgehead atoms. The molecule has 0 aliphatic carbocycles. The summed E-state index contributed by atoms with van der Waals surface area (Å²) in [5, 5.41) is 15.9. The third-order valence-corrected chi connectivity index (χ3v) is 5.13. The molecular formula is C12H13N3O5S2. The molecule has 0 aromatic heterocycles. The fourth-order valence-electron chi connectivity index (χ4n) is 2.13. The lowest BCUT2D eigenvalue weighted by molar-refractivity contribution is -0.385. The monoisotopic (exact) mass is 343 g/mol. The summed E-state index contributed by atoms with van der Waals surface area (Å²) in [4.78, 5) is 22.2. The van der Waals surface area contributed by atoms with Crippen molar-refractivity contribution in [2.75, 3.05) is 11.5 Å². The number of nitrogens with one attached hydrogen (secondary N) is 2. The van der Waals surface area contributed by atoms with E-state index in [1.54, 1.807) is 0 Å². The Morgan fingerprint density at radius 3 is 2.64 bits per heavy atom. The van der Waals surface area contributed by atoms with Crippen LogP contribution < -0.4 is 10.6 Å². The van der Waals surface area contributed by atoms with Crippen LogP contribution in [-0.2, 0) is 9.84 Å². The second-order valence-electron chi connectivity index (χ2n) is 4.80. The first-order valence-corrected chi connectivity index (χ1v) is 8.57. The number of amides is 1. The Bertz CT molecular complexity index is 732. The number of nitrogens with zero attached hydrogens (tertiary/aromatic N) is 1. The van der Waals surface area contributed by atoms with Gasteiger partial charge >= 0.3 is 0 Å². The van der Waals surface area contributed by atoms with Gasteiger partial charge in [0.25, 0.3) is 11.6 Å². The average Bonchev–Trinajstić information content (AvgIpc) is 2.77. The highest BCUT2D eigenvalue weighted by atomic mass is 32.2. The predicted octanol–water partition coefficient (Wildman–Crippen LogP) is 0.386. The van der Waals surface area contributed by atoms with Crippen LogP contribution in [0.2, 0.25) is 0 Å². The van der Waals surface area contributed by atoms with Crippen LogP contribution in [0.15, 0.2) is 24.3 Å². The highest BCUT2D eigenvalue weighted by Gasteiger charge is 2.28. The minimum atomic E-state index is -3.06. The van der Waals surface area contributed by atoms with Crippen LogP contribution in [0, 0.1) is 10.1 Å². The molecule has 1 saturated heterocycles. The van der Waals surface area contributed by atoms with Crippen LogP contribution in [0.25, 0.3) is 0 Å². The van der Waals surface area contributed by atoms with Crippen LogP contribution in [-0.4, -0.2) is 41.9 Å². The molecule has 10 heteroatoms. The van der Waals surface area contributed by atoms with E-state index in [9.17, 15) is 23.3 Å². The SMILES string of the molecule is O=C(NC(=S)NC1CCS(=O)(=O)C1)c1ccccc1[N+](=O)[O-]. The van der Waals surface area contributed by atoms with E-state index in [0.717, 1.165) is 0 Å². The average molecular weight is 343 g/mol. The molecule has 1 fully saturated rings. The quantitative estimate of drug-likeness (QED) is 0.463. The van der Waals surface area contributed by atoms with Crippen molar-refractivity contribution in [2.45, 2.75) is 12.5 Å². The highest BCUT2D eigenvalue weighted by Crippen LogP contribution is 2.17. The summed E-state index contributed by atoms with van der Waals surface area (Å²) in [7, 11) is -3.06. The molecule has 118 valence electrons. The Morgan fingerprint density at radius 1 is 1.36 bits per heavy atom. The van der Waals surface area contributed by atoms with Gasteiger partial charge in [0.05, 0.1) is 16.4 Å². The predicted molar refractivity (Wildman–Crippen MR) is 83.4 cm³/mol. The van der Waals surface area contributed by atoms with E-state index in [1.807, 2.05) is 0 Å². The molecule has 2 rings (SSSR count). The molecule has 1 aliphatic heterocycles. The minimum absolute atomic E-state index is 0.0471. The molecule has 22 heavy (non-hydrogen) atoms. The number of nitro groups is 1. The number of benzene rings is 1. The number of carbonyl (C=O) groups excluding carboxylic acids is 1. The lowest BCUT2D eigenvalue weighted by Crippen LogP contribution is -2.44. The number of thiocarbonyl (C=S) groups is 1. The summed E-state index contributed by atoms with van der Waals surface area (Å²) in [6, 6.07) is 5.13. The Balaban J connectivity index is 2.00. The molecule has 2 N–H and O–H groups in total. The van der Waals surface area contributed by atoms with E-state index >= 15 is 0 Å². The van der Waals surface area contributed by atoms with Crippen molar-refractivity contribution in [1.29, 1.82) is 0 Å². The lowest BCUT2D eigenvalue weighted by Gasteiger charge is -2.14. The van der Waals surface area contributed by atoms with Gasteiger partial charge in [0.1, 0.15) is 5.56 Å². The zero-order chi connectivity index (χ0) is 16.3. The first-order chi connectivity index (χ1) is 10.3. The standard InChI is InChI=1S/C12H13N3O5S2/c16-11(9-3-1-2-4-10(9)15(17)18)14-12(21)13-8-5-6-22(19,20)7-8/h1-4,8H,5-7H2,(H2,13,14,16,21). The van der Waals surface area contributed by atoms with Gasteiger partial charge in [-0.1, -0.05) is 12.1 Å². The number of hydrogen-bond donors (Lipinski definition) is 2. The topological polar surface area (TPSA) is 118 Å². The molecule has 1 atom stereocenters. The third-order valence-electron chi connectivity index (χ3n) is 3.14. The van der Waals surface area contributed by atoms with Gasteiger partial charge in [-0.2, -0.15) is 0 Å². The molecule has 0 saturated carbocycles. The van der Waals surface area contributed by atoms with Crippen molar-refractivity contribution in [1.82, 2.24) is 10.6 Å². The van der Waals surface area contributed by atoms with Gasteiger partial charge in [-0.25, -0.2) is 8.42 Å². The van der Waals surface area contributed by atoms with Crippen LogP contribution >= 0.6 is 12.2 Å². The zero-order valence-electron chi connectivity index (χ0n) is 11.3. The summed E-state index contributed by atoms with van der Waals surface area (Å²) in [5.41, 5.74) is -0.443. The van der Waals surface area contributed by atoms with Crippen molar-refractivity contribution < 1.29 is 18.1 Å². The number of nitro benzene ring substituents is 1. The second-order valence-corrected chi connectivity index (χ2v) is 7.44. The first-order valence-electron chi connectivity index (χ1n) is 6.34. The number of para-hydroxylation sites is 1. The van der Waals surface area contributed by atoms with Crippen LogP contribution in [0.5, 0.6) is 0 Å². The Kier molecular flexibility index (Phi) is 4.71. The van der Waals surface area contributed by atoms with Crippen LogP contribution in [0.3, 0.4) is 0 Å².